The average molecular weight is 460 g/mol. The SMILES string of the molecule is C[N-]C.C[N-]C.C[N-]C.C[Si](C)(C)C=CC=C[Si](C)(C)C.[CH-]=CC(C)=CC.[Ti+4]. The van der Waals surface area contributed by atoms with Crippen molar-refractivity contribution in [1.29, 1.82) is 0 Å². The normalized spacial score (nSPS) is 10.7. The topological polar surface area (TPSA) is 42.3 Å². The summed E-state index contributed by atoms with van der Waals surface area (Å²) in [5.41, 5.74) is 5.88. The molecule has 0 saturated heterocycles. The summed E-state index contributed by atoms with van der Waals surface area (Å²) < 4.78 is 0. The molecule has 0 aromatic heterocycles. The molecule has 0 spiro atoms. The first-order valence-corrected chi connectivity index (χ1v) is 16.4. The minimum atomic E-state index is -0.970. The Hall–Kier alpha value is -0.0119. The van der Waals surface area contributed by atoms with Crippen LogP contribution < -0.4 is 0 Å². The molecule has 0 aromatic carbocycles. The van der Waals surface area contributed by atoms with Gasteiger partial charge in [0.05, 0.1) is 16.1 Å². The molecular formula is C22H49N3Si2Ti. The Morgan fingerprint density at radius 2 is 0.893 bits per heavy atom. The van der Waals surface area contributed by atoms with Crippen molar-refractivity contribution in [2.45, 2.75) is 53.1 Å². The van der Waals surface area contributed by atoms with Crippen molar-refractivity contribution < 1.29 is 21.7 Å². The van der Waals surface area contributed by atoms with Gasteiger partial charge in [0, 0.05) is 0 Å². The Bertz CT molecular complexity index is 340. The molecule has 0 aliphatic carbocycles. The number of hydrogen-bond acceptors (Lipinski definition) is 0. The van der Waals surface area contributed by atoms with Gasteiger partial charge in [-0.3, -0.25) is 6.58 Å². The molecule has 0 aliphatic heterocycles. The molecule has 0 aliphatic rings. The van der Waals surface area contributed by atoms with Gasteiger partial charge in [-0.1, -0.05) is 69.8 Å². The molecular weight excluding hydrogens is 410 g/mol. The molecule has 3 nitrogen and oxygen atoms in total. The van der Waals surface area contributed by atoms with E-state index >= 15 is 0 Å². The minimum Gasteiger partial charge on any atom is -0.668 e. The molecule has 0 fully saturated rings. The first kappa shape index (κ1) is 42.2. The second kappa shape index (κ2) is 31.7. The largest absolute Gasteiger partial charge is 4.00 e. The molecule has 6 heteroatoms. The number of nitrogens with zero attached hydrogens (tertiary/aromatic N) is 3. The van der Waals surface area contributed by atoms with Gasteiger partial charge in [0.2, 0.25) is 0 Å². The Morgan fingerprint density at radius 3 is 0.964 bits per heavy atom. The molecule has 164 valence electrons. The summed E-state index contributed by atoms with van der Waals surface area (Å²) in [4.78, 5) is 0. The third kappa shape index (κ3) is 96.2. The molecule has 0 rings (SSSR count). The van der Waals surface area contributed by atoms with Crippen LogP contribution in [0.2, 0.25) is 39.3 Å². The van der Waals surface area contributed by atoms with Crippen LogP contribution in [-0.4, -0.2) is 58.4 Å². The van der Waals surface area contributed by atoms with Crippen molar-refractivity contribution in [2.75, 3.05) is 42.3 Å². The summed E-state index contributed by atoms with van der Waals surface area (Å²) in [6.45, 7) is 23.1. The molecule has 0 aromatic rings. The maximum absolute atomic E-state index is 5.09. The van der Waals surface area contributed by atoms with E-state index in [1.54, 1.807) is 48.4 Å². The number of hydrogen-bond donors (Lipinski definition) is 0. The summed E-state index contributed by atoms with van der Waals surface area (Å²) in [6, 6.07) is 0. The molecule has 0 N–H and O–H groups in total. The zero-order chi connectivity index (χ0) is 22.9. The molecule has 0 unspecified atom stereocenters. The van der Waals surface area contributed by atoms with E-state index in [1.165, 1.54) is 0 Å². The van der Waals surface area contributed by atoms with Crippen LogP contribution in [-0.2, 0) is 21.7 Å². The predicted octanol–water partition coefficient (Wildman–Crippen LogP) is 7.65. The standard InChI is InChI=1S/C10H22Si2.C6H9.3C2H6N.Ti/c1-11(2,3)9-7-8-10-12(4,5)6;1-4-6(3)5-2;3*1-3-2;/h7-10H,1-6H3;1,4-5H,2-3H3;3*1-2H3;/q;4*-1;+4. The predicted molar refractivity (Wildman–Crippen MR) is 139 cm³/mol. The van der Waals surface area contributed by atoms with Gasteiger partial charge in [-0.15, -0.1) is 6.92 Å². The van der Waals surface area contributed by atoms with E-state index in [-0.39, 0.29) is 21.7 Å². The fourth-order valence-electron chi connectivity index (χ4n) is 0.785. The Morgan fingerprint density at radius 1 is 0.679 bits per heavy atom. The van der Waals surface area contributed by atoms with E-state index in [0.29, 0.717) is 0 Å². The van der Waals surface area contributed by atoms with Gasteiger partial charge in [-0.05, 0) is 0 Å². The molecule has 0 saturated carbocycles. The Labute approximate surface area is 196 Å². The zero-order valence-corrected chi connectivity index (χ0v) is 24.9. The van der Waals surface area contributed by atoms with Gasteiger partial charge in [-0.25, -0.2) is 11.6 Å². The van der Waals surface area contributed by atoms with E-state index in [0.717, 1.165) is 5.57 Å². The van der Waals surface area contributed by atoms with Crippen molar-refractivity contribution in [1.82, 2.24) is 0 Å². The summed E-state index contributed by atoms with van der Waals surface area (Å²) in [5, 5.41) is 10.5. The summed E-state index contributed by atoms with van der Waals surface area (Å²) in [7, 11) is 8.56. The van der Waals surface area contributed by atoms with Crippen LogP contribution in [0.1, 0.15) is 13.8 Å². The van der Waals surface area contributed by atoms with Crippen LogP contribution in [0.15, 0.2) is 41.3 Å². The van der Waals surface area contributed by atoms with E-state index < -0.39 is 16.1 Å². The van der Waals surface area contributed by atoms with E-state index in [4.69, 9.17) is 6.58 Å². The summed E-state index contributed by atoms with van der Waals surface area (Å²) in [6.07, 6.45) is 7.99. The van der Waals surface area contributed by atoms with Crippen molar-refractivity contribution in [3.05, 3.63) is 63.8 Å². The van der Waals surface area contributed by atoms with Crippen LogP contribution in [0, 0.1) is 6.58 Å². The van der Waals surface area contributed by atoms with E-state index in [1.807, 2.05) is 19.9 Å². The molecule has 0 heterocycles. The van der Waals surface area contributed by atoms with Crippen molar-refractivity contribution in [3.63, 3.8) is 0 Å². The number of rotatable bonds is 4. The van der Waals surface area contributed by atoms with E-state index in [9.17, 15) is 0 Å². The first-order valence-electron chi connectivity index (χ1n) is 9.25. The second-order valence-electron chi connectivity index (χ2n) is 7.99. The number of allylic oxidation sites excluding steroid dienone is 5. The smallest absolute Gasteiger partial charge is 0.668 e. The molecule has 0 bridgehead atoms. The zero-order valence-electron chi connectivity index (χ0n) is 21.4. The van der Waals surface area contributed by atoms with Crippen molar-refractivity contribution >= 4 is 16.1 Å². The minimum absolute atomic E-state index is 0. The Balaban J connectivity index is -0.0000000635. The second-order valence-corrected chi connectivity index (χ2v) is 18.1. The van der Waals surface area contributed by atoms with Gasteiger partial charge in [0.25, 0.3) is 0 Å². The van der Waals surface area contributed by atoms with Gasteiger partial charge in [0.1, 0.15) is 0 Å². The van der Waals surface area contributed by atoms with Crippen LogP contribution >= 0.6 is 0 Å². The van der Waals surface area contributed by atoms with Crippen LogP contribution in [0.5, 0.6) is 0 Å². The van der Waals surface area contributed by atoms with Gasteiger partial charge in [-0.2, -0.15) is 48.4 Å². The third-order valence-corrected chi connectivity index (χ3v) is 4.41. The van der Waals surface area contributed by atoms with E-state index in [2.05, 4.69) is 78.8 Å². The Kier molecular flexibility index (Phi) is 47.7. The van der Waals surface area contributed by atoms with Crippen molar-refractivity contribution in [3.8, 4) is 0 Å². The summed E-state index contributed by atoms with van der Waals surface area (Å²) >= 11 is 0. The molecule has 0 atom stereocenters. The quantitative estimate of drug-likeness (QED) is 0.235. The molecule has 0 radical (unpaired) electrons. The maximum Gasteiger partial charge on any atom is 4.00 e. The molecule has 0 amide bonds. The van der Waals surface area contributed by atoms with Crippen molar-refractivity contribution in [2.24, 2.45) is 0 Å². The van der Waals surface area contributed by atoms with Crippen LogP contribution in [0.25, 0.3) is 16.0 Å². The van der Waals surface area contributed by atoms with Gasteiger partial charge < -0.3 is 16.0 Å². The van der Waals surface area contributed by atoms with Gasteiger partial charge >= 0.3 is 21.7 Å². The summed E-state index contributed by atoms with van der Waals surface area (Å²) in [5.74, 6) is 0. The molecule has 28 heavy (non-hydrogen) atoms. The van der Waals surface area contributed by atoms with Crippen LogP contribution in [0.4, 0.5) is 0 Å². The monoisotopic (exact) mass is 459 g/mol. The maximum atomic E-state index is 5.09. The first-order chi connectivity index (χ1) is 12.3. The van der Waals surface area contributed by atoms with Gasteiger partial charge in [0.15, 0.2) is 0 Å². The average Bonchev–Trinajstić information content (AvgIpc) is 2.52. The van der Waals surface area contributed by atoms with Crippen LogP contribution in [0.3, 0.4) is 0 Å². The third-order valence-electron chi connectivity index (χ3n) is 2.02. The fraction of sp³-hybridized carbons (Fsp3) is 0.636. The fourth-order valence-corrected chi connectivity index (χ4v) is 2.16.